The average molecular weight is 246 g/mol. The van der Waals surface area contributed by atoms with E-state index >= 15 is 0 Å². The molecule has 2 heteroatoms. The summed E-state index contributed by atoms with van der Waals surface area (Å²) in [5, 5.41) is 0. The van der Waals surface area contributed by atoms with E-state index in [0.29, 0.717) is 6.61 Å². The SMILES string of the molecule is CCCOc1ccccc1C(=O)C1CCCCC1. The second-order valence-electron chi connectivity index (χ2n) is 5.04. The Morgan fingerprint density at radius 1 is 1.22 bits per heavy atom. The van der Waals surface area contributed by atoms with Crippen LogP contribution in [0.25, 0.3) is 0 Å². The third kappa shape index (κ3) is 3.12. The summed E-state index contributed by atoms with van der Waals surface area (Å²) >= 11 is 0. The Labute approximate surface area is 109 Å². The second kappa shape index (κ2) is 6.58. The highest BCUT2D eigenvalue weighted by molar-refractivity contribution is 6.00. The summed E-state index contributed by atoms with van der Waals surface area (Å²) in [7, 11) is 0. The third-order valence-electron chi connectivity index (χ3n) is 3.59. The number of para-hydroxylation sites is 1. The lowest BCUT2D eigenvalue weighted by atomic mass is 9.83. The van der Waals surface area contributed by atoms with Crippen molar-refractivity contribution in [1.29, 1.82) is 0 Å². The molecule has 0 unspecified atom stereocenters. The van der Waals surface area contributed by atoms with Crippen molar-refractivity contribution in [3.8, 4) is 5.75 Å². The third-order valence-corrected chi connectivity index (χ3v) is 3.59. The van der Waals surface area contributed by atoms with Crippen molar-refractivity contribution in [2.45, 2.75) is 45.4 Å². The molecule has 0 heterocycles. The molecule has 0 spiro atoms. The number of ketones is 1. The molecule has 0 aliphatic heterocycles. The van der Waals surface area contributed by atoms with Crippen molar-refractivity contribution in [2.75, 3.05) is 6.61 Å². The number of hydrogen-bond donors (Lipinski definition) is 0. The molecule has 1 aliphatic carbocycles. The molecule has 0 radical (unpaired) electrons. The molecule has 2 rings (SSSR count). The zero-order chi connectivity index (χ0) is 12.8. The second-order valence-corrected chi connectivity index (χ2v) is 5.04. The summed E-state index contributed by atoms with van der Waals surface area (Å²) in [6.45, 7) is 2.75. The van der Waals surface area contributed by atoms with Gasteiger partial charge in [-0.05, 0) is 31.4 Å². The first kappa shape index (κ1) is 13.1. The summed E-state index contributed by atoms with van der Waals surface area (Å²) in [5.74, 6) is 1.25. The number of ether oxygens (including phenoxy) is 1. The van der Waals surface area contributed by atoms with Gasteiger partial charge < -0.3 is 4.74 Å². The molecule has 1 aromatic carbocycles. The van der Waals surface area contributed by atoms with Crippen molar-refractivity contribution < 1.29 is 9.53 Å². The standard InChI is InChI=1S/C16H22O2/c1-2-12-18-15-11-7-6-10-14(15)16(17)13-8-4-3-5-9-13/h6-7,10-11,13H,2-5,8-9,12H2,1H3. The van der Waals surface area contributed by atoms with E-state index in [0.717, 1.165) is 30.6 Å². The number of carbonyl (C=O) groups excluding carboxylic acids is 1. The molecule has 1 aliphatic rings. The van der Waals surface area contributed by atoms with Gasteiger partial charge in [-0.25, -0.2) is 0 Å². The quantitative estimate of drug-likeness (QED) is 0.726. The first-order valence-corrected chi connectivity index (χ1v) is 7.09. The van der Waals surface area contributed by atoms with Gasteiger partial charge in [0.15, 0.2) is 5.78 Å². The minimum atomic E-state index is 0.213. The molecule has 18 heavy (non-hydrogen) atoms. The molecule has 1 saturated carbocycles. The van der Waals surface area contributed by atoms with Crippen molar-refractivity contribution in [1.82, 2.24) is 0 Å². The van der Waals surface area contributed by atoms with Gasteiger partial charge in [-0.3, -0.25) is 4.79 Å². The summed E-state index contributed by atoms with van der Waals surface area (Å²) in [6.07, 6.45) is 6.70. The van der Waals surface area contributed by atoms with Crippen LogP contribution in [0.4, 0.5) is 0 Å². The van der Waals surface area contributed by atoms with E-state index in [-0.39, 0.29) is 11.7 Å². The summed E-state index contributed by atoms with van der Waals surface area (Å²) in [4.78, 5) is 12.5. The molecule has 0 bridgehead atoms. The number of rotatable bonds is 5. The van der Waals surface area contributed by atoms with Crippen molar-refractivity contribution >= 4 is 5.78 Å². The lowest BCUT2D eigenvalue weighted by Gasteiger charge is -2.21. The van der Waals surface area contributed by atoms with Crippen molar-refractivity contribution in [3.05, 3.63) is 29.8 Å². The van der Waals surface area contributed by atoms with Crippen LogP contribution in [0.5, 0.6) is 5.75 Å². The van der Waals surface area contributed by atoms with Gasteiger partial charge >= 0.3 is 0 Å². The molecular formula is C16H22O2. The predicted molar refractivity (Wildman–Crippen MR) is 73.1 cm³/mol. The van der Waals surface area contributed by atoms with Crippen molar-refractivity contribution in [3.63, 3.8) is 0 Å². The van der Waals surface area contributed by atoms with E-state index in [1.165, 1.54) is 19.3 Å². The predicted octanol–water partition coefficient (Wildman–Crippen LogP) is 4.24. The van der Waals surface area contributed by atoms with Gasteiger partial charge in [-0.15, -0.1) is 0 Å². The normalized spacial score (nSPS) is 16.5. The fourth-order valence-corrected chi connectivity index (χ4v) is 2.59. The van der Waals surface area contributed by atoms with Crippen LogP contribution in [0.15, 0.2) is 24.3 Å². The topological polar surface area (TPSA) is 26.3 Å². The lowest BCUT2D eigenvalue weighted by molar-refractivity contribution is 0.0885. The van der Waals surface area contributed by atoms with Crippen molar-refractivity contribution in [2.24, 2.45) is 5.92 Å². The largest absolute Gasteiger partial charge is 0.493 e. The van der Waals surface area contributed by atoms with E-state index in [9.17, 15) is 4.79 Å². The summed E-state index contributed by atoms with van der Waals surface area (Å²) in [6, 6.07) is 7.67. The average Bonchev–Trinajstić information content (AvgIpc) is 2.45. The Kier molecular flexibility index (Phi) is 4.80. The van der Waals surface area contributed by atoms with Crippen LogP contribution in [-0.4, -0.2) is 12.4 Å². The first-order valence-electron chi connectivity index (χ1n) is 7.09. The van der Waals surface area contributed by atoms with Gasteiger partial charge in [-0.2, -0.15) is 0 Å². The fourth-order valence-electron chi connectivity index (χ4n) is 2.59. The van der Waals surface area contributed by atoms with E-state index in [1.54, 1.807) is 0 Å². The van der Waals surface area contributed by atoms with Gasteiger partial charge in [0.05, 0.1) is 12.2 Å². The molecule has 1 fully saturated rings. The first-order chi connectivity index (χ1) is 8.83. The Balaban J connectivity index is 2.12. The maximum Gasteiger partial charge on any atom is 0.169 e. The van der Waals surface area contributed by atoms with Crippen LogP contribution in [-0.2, 0) is 0 Å². The lowest BCUT2D eigenvalue weighted by Crippen LogP contribution is -2.18. The Morgan fingerprint density at radius 3 is 2.67 bits per heavy atom. The van der Waals surface area contributed by atoms with Gasteiger partial charge in [0.25, 0.3) is 0 Å². The van der Waals surface area contributed by atoms with Crippen LogP contribution in [0.3, 0.4) is 0 Å². The van der Waals surface area contributed by atoms with Crippen LogP contribution in [0, 0.1) is 5.92 Å². The molecular weight excluding hydrogens is 224 g/mol. The van der Waals surface area contributed by atoms with Gasteiger partial charge in [-0.1, -0.05) is 38.3 Å². The van der Waals surface area contributed by atoms with Gasteiger partial charge in [0.2, 0.25) is 0 Å². The van der Waals surface area contributed by atoms with E-state index < -0.39 is 0 Å². The molecule has 0 aromatic heterocycles. The van der Waals surface area contributed by atoms with Crippen LogP contribution in [0.1, 0.15) is 55.8 Å². The van der Waals surface area contributed by atoms with E-state index in [1.807, 2.05) is 24.3 Å². The van der Waals surface area contributed by atoms with E-state index in [4.69, 9.17) is 4.74 Å². The summed E-state index contributed by atoms with van der Waals surface area (Å²) < 4.78 is 5.68. The minimum Gasteiger partial charge on any atom is -0.493 e. The number of Topliss-reactive ketones (excluding diaryl/α,β-unsaturated/α-hetero) is 1. The smallest absolute Gasteiger partial charge is 0.169 e. The van der Waals surface area contributed by atoms with Gasteiger partial charge in [0.1, 0.15) is 5.75 Å². The molecule has 1 aromatic rings. The minimum absolute atomic E-state index is 0.213. The molecule has 0 saturated heterocycles. The molecule has 0 atom stereocenters. The number of carbonyl (C=O) groups is 1. The Hall–Kier alpha value is -1.31. The highest BCUT2D eigenvalue weighted by Crippen LogP contribution is 2.30. The van der Waals surface area contributed by atoms with Gasteiger partial charge in [0, 0.05) is 5.92 Å². The molecule has 0 amide bonds. The van der Waals surface area contributed by atoms with Crippen LogP contribution in [0.2, 0.25) is 0 Å². The highest BCUT2D eigenvalue weighted by Gasteiger charge is 2.24. The highest BCUT2D eigenvalue weighted by atomic mass is 16.5. The number of hydrogen-bond acceptors (Lipinski definition) is 2. The van der Waals surface area contributed by atoms with E-state index in [2.05, 4.69) is 6.92 Å². The Morgan fingerprint density at radius 2 is 1.94 bits per heavy atom. The van der Waals surface area contributed by atoms with Crippen LogP contribution < -0.4 is 4.74 Å². The summed E-state index contributed by atoms with van der Waals surface area (Å²) in [5.41, 5.74) is 0.776. The van der Waals surface area contributed by atoms with Crippen LogP contribution >= 0.6 is 0 Å². The zero-order valence-electron chi connectivity index (χ0n) is 11.2. The zero-order valence-corrected chi connectivity index (χ0v) is 11.2. The molecule has 98 valence electrons. The monoisotopic (exact) mass is 246 g/mol. The Bertz CT molecular complexity index is 392. The maximum absolute atomic E-state index is 12.5. The molecule has 2 nitrogen and oxygen atoms in total. The fraction of sp³-hybridized carbons (Fsp3) is 0.562. The number of benzene rings is 1. The maximum atomic E-state index is 12.5. The molecule has 0 N–H and O–H groups in total.